The molecule has 0 atom stereocenters. The molecule has 7 nitrogen and oxygen atoms in total. The zero-order valence-electron chi connectivity index (χ0n) is 15.9. The number of nitrogens with zero attached hydrogens (tertiary/aromatic N) is 3. The largest absolute Gasteiger partial charge is 0.465 e. The molecule has 0 saturated heterocycles. The van der Waals surface area contributed by atoms with E-state index >= 15 is 0 Å². The molecule has 0 aliphatic carbocycles. The third-order valence-electron chi connectivity index (χ3n) is 4.58. The van der Waals surface area contributed by atoms with Crippen molar-refractivity contribution < 1.29 is 19.1 Å². The second kappa shape index (κ2) is 7.98. The number of rotatable bonds is 4. The number of fused-ring (bicyclic) bond motifs is 1. The Labute approximate surface area is 167 Å². The molecule has 1 aromatic carbocycles. The minimum absolute atomic E-state index is 0.187. The number of carbonyl (C=O) groups excluding carboxylic acids is 3. The highest BCUT2D eigenvalue weighted by molar-refractivity contribution is 6.30. The number of anilines is 2. The van der Waals surface area contributed by atoms with Gasteiger partial charge in [0.1, 0.15) is 18.2 Å². The lowest BCUT2D eigenvalue weighted by Gasteiger charge is -2.36. The smallest absolute Gasteiger partial charge is 0.326 e. The van der Waals surface area contributed by atoms with Gasteiger partial charge in [-0.15, -0.1) is 0 Å². The maximum atomic E-state index is 13.1. The Balaban J connectivity index is 2.05. The molecule has 0 unspecified atom stereocenters. The summed E-state index contributed by atoms with van der Waals surface area (Å²) in [6.07, 6.45) is 1.44. The van der Waals surface area contributed by atoms with Crippen LogP contribution in [0.4, 0.5) is 11.4 Å². The Morgan fingerprint density at radius 3 is 2.50 bits per heavy atom. The Morgan fingerprint density at radius 2 is 1.86 bits per heavy atom. The molecule has 2 heterocycles. The third kappa shape index (κ3) is 3.84. The van der Waals surface area contributed by atoms with Crippen LogP contribution in [-0.4, -0.2) is 42.5 Å². The van der Waals surface area contributed by atoms with E-state index in [1.165, 1.54) is 22.1 Å². The lowest BCUT2D eigenvalue weighted by molar-refractivity contribution is -0.142. The first-order chi connectivity index (χ1) is 13.3. The summed E-state index contributed by atoms with van der Waals surface area (Å²) >= 11 is 5.90. The number of aryl methyl sites for hydroxylation is 2. The predicted octanol–water partition coefficient (Wildman–Crippen LogP) is 2.91. The van der Waals surface area contributed by atoms with Gasteiger partial charge in [-0.3, -0.25) is 24.2 Å². The molecule has 146 valence electrons. The van der Waals surface area contributed by atoms with Crippen molar-refractivity contribution in [1.82, 2.24) is 4.98 Å². The molecule has 2 aromatic rings. The summed E-state index contributed by atoms with van der Waals surface area (Å²) in [5.41, 5.74) is 3.30. The molecule has 1 aromatic heterocycles. The number of carbonyl (C=O) groups is 3. The molecule has 0 bridgehead atoms. The Morgan fingerprint density at radius 1 is 1.18 bits per heavy atom. The van der Waals surface area contributed by atoms with Gasteiger partial charge in [-0.25, -0.2) is 4.98 Å². The normalized spacial score (nSPS) is 13.4. The highest BCUT2D eigenvalue weighted by Gasteiger charge is 2.34. The molecule has 1 aliphatic heterocycles. The van der Waals surface area contributed by atoms with Crippen molar-refractivity contribution in [2.75, 3.05) is 29.5 Å². The minimum atomic E-state index is -0.499. The molecular weight excluding hydrogens is 382 g/mol. The van der Waals surface area contributed by atoms with Crippen LogP contribution in [0.1, 0.15) is 28.4 Å². The van der Waals surface area contributed by atoms with Crippen LogP contribution in [0.3, 0.4) is 0 Å². The standard InChI is InChI=1S/C20H20ClN3O4/c1-4-28-19(26)11-23-15-7-12(2)13(3)8-16(15)24(10-18(23)25)20(27)14-5-6-22-17(21)9-14/h5-9H,4,10-11H2,1-3H3. The summed E-state index contributed by atoms with van der Waals surface area (Å²) in [5.74, 6) is -1.23. The molecule has 0 radical (unpaired) electrons. The molecule has 0 saturated carbocycles. The van der Waals surface area contributed by atoms with Gasteiger partial charge in [-0.2, -0.15) is 0 Å². The van der Waals surface area contributed by atoms with E-state index in [0.29, 0.717) is 16.9 Å². The third-order valence-corrected chi connectivity index (χ3v) is 4.78. The van der Waals surface area contributed by atoms with Crippen LogP contribution in [0, 0.1) is 13.8 Å². The zero-order valence-corrected chi connectivity index (χ0v) is 16.6. The lowest BCUT2D eigenvalue weighted by atomic mass is 10.0. The van der Waals surface area contributed by atoms with Crippen LogP contribution in [0.5, 0.6) is 0 Å². The van der Waals surface area contributed by atoms with Gasteiger partial charge >= 0.3 is 5.97 Å². The second-order valence-electron chi connectivity index (χ2n) is 6.47. The SMILES string of the molecule is CCOC(=O)CN1C(=O)CN(C(=O)c2ccnc(Cl)c2)c2cc(C)c(C)cc21. The number of amides is 2. The van der Waals surface area contributed by atoms with Crippen LogP contribution >= 0.6 is 11.6 Å². The van der Waals surface area contributed by atoms with Crippen molar-refractivity contribution in [3.63, 3.8) is 0 Å². The zero-order chi connectivity index (χ0) is 20.4. The van der Waals surface area contributed by atoms with Crippen LogP contribution in [-0.2, 0) is 14.3 Å². The minimum Gasteiger partial charge on any atom is -0.465 e. The van der Waals surface area contributed by atoms with Gasteiger partial charge in [-0.1, -0.05) is 11.6 Å². The van der Waals surface area contributed by atoms with E-state index in [-0.39, 0.29) is 36.7 Å². The van der Waals surface area contributed by atoms with E-state index < -0.39 is 5.97 Å². The number of benzene rings is 1. The van der Waals surface area contributed by atoms with Gasteiger partial charge < -0.3 is 4.74 Å². The van der Waals surface area contributed by atoms with Crippen molar-refractivity contribution in [3.8, 4) is 0 Å². The molecule has 28 heavy (non-hydrogen) atoms. The number of hydrogen-bond donors (Lipinski definition) is 0. The quantitative estimate of drug-likeness (QED) is 0.581. The fourth-order valence-corrected chi connectivity index (χ4v) is 3.21. The summed E-state index contributed by atoms with van der Waals surface area (Å²) < 4.78 is 4.98. The van der Waals surface area contributed by atoms with Crippen molar-refractivity contribution in [2.45, 2.75) is 20.8 Å². The fraction of sp³-hybridized carbons (Fsp3) is 0.300. The van der Waals surface area contributed by atoms with E-state index in [9.17, 15) is 14.4 Å². The van der Waals surface area contributed by atoms with Crippen LogP contribution in [0.25, 0.3) is 0 Å². The average molecular weight is 402 g/mol. The fourth-order valence-electron chi connectivity index (χ4n) is 3.04. The molecule has 1 aliphatic rings. The predicted molar refractivity (Wildman–Crippen MR) is 106 cm³/mol. The Hall–Kier alpha value is -2.93. The van der Waals surface area contributed by atoms with Crippen molar-refractivity contribution >= 4 is 40.8 Å². The maximum absolute atomic E-state index is 13.1. The van der Waals surface area contributed by atoms with E-state index in [1.54, 1.807) is 19.1 Å². The molecular formula is C20H20ClN3O4. The Kier molecular flexibility index (Phi) is 5.65. The van der Waals surface area contributed by atoms with Gasteiger partial charge in [0, 0.05) is 11.8 Å². The van der Waals surface area contributed by atoms with Gasteiger partial charge in [0.05, 0.1) is 18.0 Å². The van der Waals surface area contributed by atoms with E-state index in [2.05, 4.69) is 4.98 Å². The number of hydrogen-bond acceptors (Lipinski definition) is 5. The summed E-state index contributed by atoms with van der Waals surface area (Å²) in [6.45, 7) is 5.38. The van der Waals surface area contributed by atoms with Crippen LogP contribution in [0.15, 0.2) is 30.5 Å². The van der Waals surface area contributed by atoms with Crippen molar-refractivity contribution in [3.05, 3.63) is 52.3 Å². The van der Waals surface area contributed by atoms with Gasteiger partial charge in [0.15, 0.2) is 0 Å². The molecule has 0 N–H and O–H groups in total. The molecule has 8 heteroatoms. The number of ether oxygens (including phenoxy) is 1. The lowest BCUT2D eigenvalue weighted by Crippen LogP contribution is -2.50. The number of pyridine rings is 1. The monoisotopic (exact) mass is 401 g/mol. The highest BCUT2D eigenvalue weighted by atomic mass is 35.5. The molecule has 0 spiro atoms. The van der Waals surface area contributed by atoms with Crippen molar-refractivity contribution in [1.29, 1.82) is 0 Å². The highest BCUT2D eigenvalue weighted by Crippen LogP contribution is 2.37. The summed E-state index contributed by atoms with van der Waals surface area (Å²) in [6, 6.07) is 6.65. The topological polar surface area (TPSA) is 79.8 Å². The summed E-state index contributed by atoms with van der Waals surface area (Å²) in [7, 11) is 0. The first kappa shape index (κ1) is 19.8. The van der Waals surface area contributed by atoms with Crippen LogP contribution in [0.2, 0.25) is 5.15 Å². The number of esters is 1. The second-order valence-corrected chi connectivity index (χ2v) is 6.86. The summed E-state index contributed by atoms with van der Waals surface area (Å²) in [5, 5.41) is 0.193. The average Bonchev–Trinajstić information content (AvgIpc) is 2.65. The van der Waals surface area contributed by atoms with E-state index in [1.807, 2.05) is 19.9 Å². The van der Waals surface area contributed by atoms with Gasteiger partial charge in [-0.05, 0) is 56.2 Å². The maximum Gasteiger partial charge on any atom is 0.326 e. The first-order valence-corrected chi connectivity index (χ1v) is 9.20. The number of aromatic nitrogens is 1. The molecule has 0 fully saturated rings. The molecule has 2 amide bonds. The van der Waals surface area contributed by atoms with E-state index in [4.69, 9.17) is 16.3 Å². The van der Waals surface area contributed by atoms with Crippen molar-refractivity contribution in [2.24, 2.45) is 0 Å². The van der Waals surface area contributed by atoms with Gasteiger partial charge in [0.25, 0.3) is 5.91 Å². The van der Waals surface area contributed by atoms with E-state index in [0.717, 1.165) is 11.1 Å². The van der Waals surface area contributed by atoms with Crippen LogP contribution < -0.4 is 9.80 Å². The first-order valence-electron chi connectivity index (χ1n) is 8.82. The molecule has 3 rings (SSSR count). The summed E-state index contributed by atoms with van der Waals surface area (Å²) in [4.78, 5) is 44.5. The number of halogens is 1. The van der Waals surface area contributed by atoms with Gasteiger partial charge in [0.2, 0.25) is 5.91 Å². The Bertz CT molecular complexity index is 960.